The number of ether oxygens (including phenoxy) is 1. The van der Waals surface area contributed by atoms with E-state index in [-0.39, 0.29) is 0 Å². The van der Waals surface area contributed by atoms with E-state index in [1.54, 1.807) is 7.11 Å². The summed E-state index contributed by atoms with van der Waals surface area (Å²) in [5.74, 6) is 0. The fraction of sp³-hybridized carbons (Fsp3) is 1.00. The Morgan fingerprint density at radius 1 is 1.40 bits per heavy atom. The molecule has 0 saturated carbocycles. The zero-order valence-electron chi connectivity index (χ0n) is 3.99. The minimum absolute atomic E-state index is 0.384. The Bertz CT molecular complexity index is 17.6. The molecule has 1 nitrogen and oxygen atoms in total. The molecule has 0 fully saturated rings. The van der Waals surface area contributed by atoms with Crippen LogP contribution in [0.4, 0.5) is 0 Å². The average Bonchev–Trinajstić information content (AvgIpc) is 1.38. The van der Waals surface area contributed by atoms with Crippen LogP contribution in [-0.4, -0.2) is 13.2 Å². The first-order valence-corrected chi connectivity index (χ1v) is 1.80. The second-order valence-corrected chi connectivity index (χ2v) is 1.28. The van der Waals surface area contributed by atoms with Crippen LogP contribution < -0.4 is 0 Å². The van der Waals surface area contributed by atoms with Crippen LogP contribution >= 0.6 is 0 Å². The lowest BCUT2D eigenvalue weighted by molar-refractivity contribution is 0.134. The normalized spacial score (nSPS) is 9.60. The van der Waals surface area contributed by atoms with E-state index in [2.05, 4.69) is 0 Å². The molecule has 0 saturated heterocycles. The van der Waals surface area contributed by atoms with Crippen molar-refractivity contribution >= 4 is 0 Å². The smallest absolute Gasteiger partial charge is 0.0515 e. The summed E-state index contributed by atoms with van der Waals surface area (Å²) in [6, 6.07) is 0. The van der Waals surface area contributed by atoms with Crippen molar-refractivity contribution in [3.05, 3.63) is 0 Å². The molecule has 0 amide bonds. The summed E-state index contributed by atoms with van der Waals surface area (Å²) in [5, 5.41) is 0. The van der Waals surface area contributed by atoms with Crippen molar-refractivity contribution < 1.29 is 4.74 Å². The van der Waals surface area contributed by atoms with E-state index in [1.165, 1.54) is 0 Å². The Morgan fingerprint density at radius 2 is 1.60 bits per heavy atom. The predicted octanol–water partition coefficient (Wildman–Crippen LogP) is 1.04. The van der Waals surface area contributed by atoms with Crippen molar-refractivity contribution in [3.8, 4) is 0 Å². The van der Waals surface area contributed by atoms with Crippen LogP contribution in [0.1, 0.15) is 13.8 Å². The van der Waals surface area contributed by atoms with Crippen molar-refractivity contribution in [2.75, 3.05) is 7.11 Å². The third-order valence-corrected chi connectivity index (χ3v) is 0.471. The molecule has 0 rings (SSSR count). The van der Waals surface area contributed by atoms with Gasteiger partial charge >= 0.3 is 0 Å². The molecule has 32 valence electrons. The van der Waals surface area contributed by atoms with Crippen LogP contribution in [0.15, 0.2) is 0 Å². The lowest BCUT2D eigenvalue weighted by Crippen LogP contribution is -1.94. The van der Waals surface area contributed by atoms with Gasteiger partial charge in [-0.15, -0.1) is 0 Å². The van der Waals surface area contributed by atoms with Crippen molar-refractivity contribution in [2.24, 2.45) is 0 Å². The molecule has 0 heterocycles. The maximum atomic E-state index is 4.75. The molecule has 0 bridgehead atoms. The molecular weight excluding hydrogens is 64.0 g/mol. The van der Waals surface area contributed by atoms with Crippen LogP contribution in [0.3, 0.4) is 0 Å². The van der Waals surface area contributed by atoms with E-state index in [0.717, 1.165) is 0 Å². The molecular formula is C4H10O. The van der Waals surface area contributed by atoms with Gasteiger partial charge in [0.25, 0.3) is 0 Å². The molecule has 0 N–H and O–H groups in total. The summed E-state index contributed by atoms with van der Waals surface area (Å²) in [6.45, 7) is 4.00. The van der Waals surface area contributed by atoms with Gasteiger partial charge in [0.05, 0.1) is 6.10 Å². The molecule has 0 spiro atoms. The second kappa shape index (κ2) is 2.21. The van der Waals surface area contributed by atoms with Gasteiger partial charge in [0.15, 0.2) is 0 Å². The van der Waals surface area contributed by atoms with Gasteiger partial charge in [0.2, 0.25) is 0 Å². The van der Waals surface area contributed by atoms with Gasteiger partial charge in [-0.25, -0.2) is 0 Å². The molecule has 0 aromatic rings. The second-order valence-electron chi connectivity index (χ2n) is 1.28. The first-order valence-electron chi connectivity index (χ1n) is 1.80. The van der Waals surface area contributed by atoms with Gasteiger partial charge in [-0.3, -0.25) is 0 Å². The standard InChI is InChI=1S/C4H10O/c1-4(2)5-3/h4H,1-3H3. The van der Waals surface area contributed by atoms with Gasteiger partial charge in [-0.05, 0) is 13.8 Å². The minimum atomic E-state index is 0.384. The third-order valence-electron chi connectivity index (χ3n) is 0.471. The van der Waals surface area contributed by atoms with Crippen molar-refractivity contribution in [1.82, 2.24) is 0 Å². The first kappa shape index (κ1) is 4.96. The molecule has 0 unspecified atom stereocenters. The van der Waals surface area contributed by atoms with Gasteiger partial charge in [-0.2, -0.15) is 0 Å². The van der Waals surface area contributed by atoms with Crippen LogP contribution in [0.2, 0.25) is 0 Å². The fourth-order valence-corrected chi connectivity index (χ4v) is 0. The summed E-state index contributed by atoms with van der Waals surface area (Å²) >= 11 is 0. The van der Waals surface area contributed by atoms with Crippen molar-refractivity contribution in [3.63, 3.8) is 0 Å². The number of rotatable bonds is 1. The van der Waals surface area contributed by atoms with Crippen LogP contribution in [0.25, 0.3) is 0 Å². The van der Waals surface area contributed by atoms with Gasteiger partial charge < -0.3 is 4.74 Å². The zero-order valence-corrected chi connectivity index (χ0v) is 3.99. The molecule has 1 heteroatoms. The maximum absolute atomic E-state index is 4.75. The Labute approximate surface area is 32.9 Å². The number of hydrogen-bond donors (Lipinski definition) is 0. The number of methoxy groups -OCH3 is 1. The van der Waals surface area contributed by atoms with E-state index in [1.807, 2.05) is 13.8 Å². The zero-order chi connectivity index (χ0) is 4.28. The van der Waals surface area contributed by atoms with E-state index in [9.17, 15) is 0 Å². The highest BCUT2D eigenvalue weighted by molar-refractivity contribution is 4.27. The summed E-state index contributed by atoms with van der Waals surface area (Å²) in [6.07, 6.45) is 0.384. The van der Waals surface area contributed by atoms with Gasteiger partial charge in [0.1, 0.15) is 0 Å². The molecule has 0 aromatic heterocycles. The highest BCUT2D eigenvalue weighted by Gasteiger charge is 1.78. The van der Waals surface area contributed by atoms with E-state index in [0.29, 0.717) is 6.10 Å². The predicted molar refractivity (Wildman–Crippen MR) is 22.1 cm³/mol. The van der Waals surface area contributed by atoms with Crippen LogP contribution in [0.5, 0.6) is 0 Å². The summed E-state index contributed by atoms with van der Waals surface area (Å²) in [4.78, 5) is 0. The summed E-state index contributed by atoms with van der Waals surface area (Å²) in [7, 11) is 1.70. The molecule has 0 aliphatic rings. The Morgan fingerprint density at radius 3 is 1.60 bits per heavy atom. The molecule has 0 aliphatic heterocycles. The quantitative estimate of drug-likeness (QED) is 0.451. The molecule has 0 atom stereocenters. The molecule has 0 radical (unpaired) electrons. The topological polar surface area (TPSA) is 9.23 Å². The lowest BCUT2D eigenvalue weighted by atomic mass is 10.5. The SMILES string of the molecule is COC(C)C. The van der Waals surface area contributed by atoms with Gasteiger partial charge in [-0.1, -0.05) is 0 Å². The number of hydrogen-bond acceptors (Lipinski definition) is 1. The van der Waals surface area contributed by atoms with E-state index in [4.69, 9.17) is 4.74 Å². The molecule has 0 aromatic carbocycles. The van der Waals surface area contributed by atoms with Crippen molar-refractivity contribution in [2.45, 2.75) is 20.0 Å². The lowest BCUT2D eigenvalue weighted by Gasteiger charge is -1.94. The maximum Gasteiger partial charge on any atom is 0.0515 e. The Hall–Kier alpha value is -0.0400. The highest BCUT2D eigenvalue weighted by Crippen LogP contribution is 1.77. The fourth-order valence-electron chi connectivity index (χ4n) is 0. The third kappa shape index (κ3) is 3.96. The Balaban J connectivity index is 2.54. The monoisotopic (exact) mass is 74.1 g/mol. The summed E-state index contributed by atoms with van der Waals surface area (Å²) < 4.78 is 4.75. The van der Waals surface area contributed by atoms with Crippen LogP contribution in [-0.2, 0) is 4.74 Å². The Kier molecular flexibility index (Phi) is 2.19. The minimum Gasteiger partial charge on any atom is -0.382 e. The molecule has 0 aliphatic carbocycles. The van der Waals surface area contributed by atoms with E-state index >= 15 is 0 Å². The van der Waals surface area contributed by atoms with Gasteiger partial charge in [0, 0.05) is 7.11 Å². The average molecular weight is 74.1 g/mol. The van der Waals surface area contributed by atoms with Crippen molar-refractivity contribution in [1.29, 1.82) is 0 Å². The highest BCUT2D eigenvalue weighted by atomic mass is 16.5. The summed E-state index contributed by atoms with van der Waals surface area (Å²) in [5.41, 5.74) is 0. The first-order chi connectivity index (χ1) is 2.27. The van der Waals surface area contributed by atoms with Crippen LogP contribution in [0, 0.1) is 0 Å². The molecule has 5 heavy (non-hydrogen) atoms. The largest absolute Gasteiger partial charge is 0.382 e. The van der Waals surface area contributed by atoms with E-state index < -0.39 is 0 Å².